The fourth-order valence-corrected chi connectivity index (χ4v) is 2.09. The molecule has 0 radical (unpaired) electrons. The SMILES string of the molecule is CNC(Cc1ccc(F)cc1F)c1ccc(C)cc1. The van der Waals surface area contributed by atoms with E-state index >= 15 is 0 Å². The summed E-state index contributed by atoms with van der Waals surface area (Å²) in [7, 11) is 1.84. The number of rotatable bonds is 4. The summed E-state index contributed by atoms with van der Waals surface area (Å²) in [5.74, 6) is -1.04. The van der Waals surface area contributed by atoms with Gasteiger partial charge in [0.2, 0.25) is 0 Å². The molecule has 1 N–H and O–H groups in total. The molecule has 1 unspecified atom stereocenters. The topological polar surface area (TPSA) is 12.0 Å². The van der Waals surface area contributed by atoms with Crippen LogP contribution in [0.4, 0.5) is 8.78 Å². The molecule has 0 heterocycles. The third-order valence-corrected chi connectivity index (χ3v) is 3.27. The largest absolute Gasteiger partial charge is 0.313 e. The van der Waals surface area contributed by atoms with E-state index in [1.165, 1.54) is 17.7 Å². The Morgan fingerprint density at radius 2 is 1.74 bits per heavy atom. The van der Waals surface area contributed by atoms with Crippen LogP contribution in [0, 0.1) is 18.6 Å². The second-order valence-corrected chi connectivity index (χ2v) is 4.69. The lowest BCUT2D eigenvalue weighted by Gasteiger charge is -2.17. The molecular formula is C16H17F2N. The predicted octanol–water partition coefficient (Wildman–Crippen LogP) is 3.78. The zero-order valence-corrected chi connectivity index (χ0v) is 11.1. The van der Waals surface area contributed by atoms with E-state index in [1.54, 1.807) is 0 Å². The van der Waals surface area contributed by atoms with Crippen LogP contribution >= 0.6 is 0 Å². The van der Waals surface area contributed by atoms with Gasteiger partial charge in [0.25, 0.3) is 0 Å². The number of aryl methyl sites for hydroxylation is 1. The summed E-state index contributed by atoms with van der Waals surface area (Å²) < 4.78 is 26.5. The molecule has 0 aliphatic heterocycles. The summed E-state index contributed by atoms with van der Waals surface area (Å²) in [5.41, 5.74) is 2.80. The monoisotopic (exact) mass is 261 g/mol. The van der Waals surface area contributed by atoms with Crippen molar-refractivity contribution in [3.8, 4) is 0 Å². The van der Waals surface area contributed by atoms with Gasteiger partial charge in [-0.2, -0.15) is 0 Å². The number of halogens is 2. The van der Waals surface area contributed by atoms with Gasteiger partial charge in [0.15, 0.2) is 0 Å². The van der Waals surface area contributed by atoms with Gasteiger partial charge in [-0.15, -0.1) is 0 Å². The van der Waals surface area contributed by atoms with Crippen molar-refractivity contribution >= 4 is 0 Å². The number of hydrogen-bond donors (Lipinski definition) is 1. The van der Waals surface area contributed by atoms with Gasteiger partial charge in [-0.25, -0.2) is 8.78 Å². The molecule has 0 aromatic heterocycles. The predicted molar refractivity (Wildman–Crippen MR) is 73.0 cm³/mol. The van der Waals surface area contributed by atoms with Crippen molar-refractivity contribution in [1.82, 2.24) is 5.32 Å². The molecule has 2 aromatic carbocycles. The molecule has 0 aliphatic rings. The Kier molecular flexibility index (Phi) is 4.27. The fourth-order valence-electron chi connectivity index (χ4n) is 2.09. The normalized spacial score (nSPS) is 12.4. The van der Waals surface area contributed by atoms with Gasteiger partial charge < -0.3 is 5.32 Å². The first kappa shape index (κ1) is 13.7. The number of nitrogens with one attached hydrogen (secondary N) is 1. The van der Waals surface area contributed by atoms with Gasteiger partial charge in [-0.05, 0) is 37.6 Å². The Morgan fingerprint density at radius 1 is 1.05 bits per heavy atom. The van der Waals surface area contributed by atoms with E-state index < -0.39 is 11.6 Å². The number of likely N-dealkylation sites (N-methyl/N-ethyl adjacent to an activating group) is 1. The molecule has 3 heteroatoms. The van der Waals surface area contributed by atoms with Crippen molar-refractivity contribution in [2.45, 2.75) is 19.4 Å². The summed E-state index contributed by atoms with van der Waals surface area (Å²) in [6.07, 6.45) is 0.492. The second kappa shape index (κ2) is 5.93. The van der Waals surface area contributed by atoms with Gasteiger partial charge in [-0.3, -0.25) is 0 Å². The Hall–Kier alpha value is -1.74. The van der Waals surface area contributed by atoms with Crippen molar-refractivity contribution in [2.75, 3.05) is 7.05 Å². The maximum Gasteiger partial charge on any atom is 0.129 e. The molecule has 0 spiro atoms. The molecule has 0 fully saturated rings. The molecule has 19 heavy (non-hydrogen) atoms. The summed E-state index contributed by atoms with van der Waals surface area (Å²) in [6.45, 7) is 2.03. The Labute approximate surface area is 112 Å². The van der Waals surface area contributed by atoms with Crippen molar-refractivity contribution in [3.63, 3.8) is 0 Å². The quantitative estimate of drug-likeness (QED) is 0.883. The average Bonchev–Trinajstić information content (AvgIpc) is 2.39. The van der Waals surface area contributed by atoms with Crippen LogP contribution in [-0.2, 0) is 6.42 Å². The zero-order valence-electron chi connectivity index (χ0n) is 11.1. The van der Waals surface area contributed by atoms with Gasteiger partial charge in [0.1, 0.15) is 11.6 Å². The van der Waals surface area contributed by atoms with E-state index in [-0.39, 0.29) is 6.04 Å². The molecule has 2 aromatic rings. The summed E-state index contributed by atoms with van der Waals surface area (Å²) in [6, 6.07) is 11.8. The highest BCUT2D eigenvalue weighted by molar-refractivity contribution is 5.27. The lowest BCUT2D eigenvalue weighted by Crippen LogP contribution is -2.19. The maximum absolute atomic E-state index is 13.7. The van der Waals surface area contributed by atoms with E-state index in [9.17, 15) is 8.78 Å². The smallest absolute Gasteiger partial charge is 0.129 e. The lowest BCUT2D eigenvalue weighted by molar-refractivity contribution is 0.540. The first-order valence-corrected chi connectivity index (χ1v) is 6.28. The third kappa shape index (κ3) is 3.38. The van der Waals surface area contributed by atoms with Crippen LogP contribution in [-0.4, -0.2) is 7.05 Å². The zero-order chi connectivity index (χ0) is 13.8. The van der Waals surface area contributed by atoms with E-state index in [2.05, 4.69) is 5.32 Å². The molecule has 0 saturated carbocycles. The second-order valence-electron chi connectivity index (χ2n) is 4.69. The fraction of sp³-hybridized carbons (Fsp3) is 0.250. The maximum atomic E-state index is 13.7. The van der Waals surface area contributed by atoms with E-state index in [0.717, 1.165) is 11.6 Å². The van der Waals surface area contributed by atoms with Crippen molar-refractivity contribution in [2.24, 2.45) is 0 Å². The third-order valence-electron chi connectivity index (χ3n) is 3.27. The Morgan fingerprint density at radius 3 is 2.32 bits per heavy atom. The minimum atomic E-state index is -0.544. The highest BCUT2D eigenvalue weighted by Gasteiger charge is 2.13. The van der Waals surface area contributed by atoms with E-state index in [4.69, 9.17) is 0 Å². The molecule has 1 nitrogen and oxygen atoms in total. The highest BCUT2D eigenvalue weighted by atomic mass is 19.1. The number of hydrogen-bond acceptors (Lipinski definition) is 1. The van der Waals surface area contributed by atoms with Crippen molar-refractivity contribution < 1.29 is 8.78 Å². The van der Waals surface area contributed by atoms with Crippen LogP contribution in [0.15, 0.2) is 42.5 Å². The first-order chi connectivity index (χ1) is 9.10. The lowest BCUT2D eigenvalue weighted by atomic mass is 9.98. The Balaban J connectivity index is 2.21. The van der Waals surface area contributed by atoms with Crippen LogP contribution < -0.4 is 5.32 Å². The molecule has 0 saturated heterocycles. The van der Waals surface area contributed by atoms with Crippen LogP contribution in [0.5, 0.6) is 0 Å². The molecule has 0 bridgehead atoms. The average molecular weight is 261 g/mol. The molecule has 0 amide bonds. The van der Waals surface area contributed by atoms with Gasteiger partial charge in [0, 0.05) is 12.1 Å². The van der Waals surface area contributed by atoms with Crippen molar-refractivity contribution in [1.29, 1.82) is 0 Å². The molecule has 100 valence electrons. The summed E-state index contributed by atoms with van der Waals surface area (Å²) >= 11 is 0. The number of benzene rings is 2. The highest BCUT2D eigenvalue weighted by Crippen LogP contribution is 2.21. The van der Waals surface area contributed by atoms with Crippen LogP contribution in [0.1, 0.15) is 22.7 Å². The van der Waals surface area contributed by atoms with Crippen molar-refractivity contribution in [3.05, 3.63) is 70.8 Å². The van der Waals surface area contributed by atoms with E-state index in [1.807, 2.05) is 38.2 Å². The van der Waals surface area contributed by atoms with Crippen LogP contribution in [0.2, 0.25) is 0 Å². The minimum Gasteiger partial charge on any atom is -0.313 e. The molecule has 0 aliphatic carbocycles. The minimum absolute atomic E-state index is 0.0144. The Bertz CT molecular complexity index is 549. The molecule has 2 rings (SSSR count). The van der Waals surface area contributed by atoms with Crippen LogP contribution in [0.3, 0.4) is 0 Å². The van der Waals surface area contributed by atoms with Crippen LogP contribution in [0.25, 0.3) is 0 Å². The van der Waals surface area contributed by atoms with E-state index in [0.29, 0.717) is 12.0 Å². The summed E-state index contributed by atoms with van der Waals surface area (Å²) in [5, 5.41) is 3.17. The van der Waals surface area contributed by atoms with Gasteiger partial charge >= 0.3 is 0 Å². The van der Waals surface area contributed by atoms with Gasteiger partial charge in [-0.1, -0.05) is 35.9 Å². The van der Waals surface area contributed by atoms with Gasteiger partial charge in [0.05, 0.1) is 0 Å². The summed E-state index contributed by atoms with van der Waals surface area (Å²) in [4.78, 5) is 0. The molecular weight excluding hydrogens is 244 g/mol. The molecule has 1 atom stereocenters. The first-order valence-electron chi connectivity index (χ1n) is 6.28. The standard InChI is InChI=1S/C16H17F2N/c1-11-3-5-12(6-4-11)16(19-2)9-13-7-8-14(17)10-15(13)18/h3-8,10,16,19H,9H2,1-2H3.